The van der Waals surface area contributed by atoms with Crippen molar-refractivity contribution in [1.29, 1.82) is 0 Å². The predicted molar refractivity (Wildman–Crippen MR) is 82.0 cm³/mol. The summed E-state index contributed by atoms with van der Waals surface area (Å²) in [6.45, 7) is 5.21. The van der Waals surface area contributed by atoms with Crippen molar-refractivity contribution in [3.63, 3.8) is 0 Å². The standard InChI is InChI=1S/C15H20BrN3/c1-3-9-19-15(13(16)10-18-19)14(17)11(2)12-7-5-4-6-8-12/h4-8,10-11,14H,3,9,17H2,1-2H3. The zero-order valence-corrected chi connectivity index (χ0v) is 13.0. The van der Waals surface area contributed by atoms with Crippen molar-refractivity contribution in [2.75, 3.05) is 0 Å². The molecule has 0 aliphatic carbocycles. The molecule has 0 radical (unpaired) electrons. The number of aryl methyl sites for hydroxylation is 1. The molecule has 0 aliphatic heterocycles. The molecule has 2 atom stereocenters. The van der Waals surface area contributed by atoms with Crippen LogP contribution in [-0.2, 0) is 6.54 Å². The lowest BCUT2D eigenvalue weighted by Crippen LogP contribution is -2.22. The third kappa shape index (κ3) is 3.07. The molecule has 0 saturated heterocycles. The summed E-state index contributed by atoms with van der Waals surface area (Å²) in [5.74, 6) is 0.254. The summed E-state index contributed by atoms with van der Waals surface area (Å²) in [5, 5.41) is 4.39. The molecule has 2 rings (SSSR count). The molecule has 2 N–H and O–H groups in total. The second-order valence-corrected chi connectivity index (χ2v) is 5.68. The molecule has 1 aromatic heterocycles. The van der Waals surface area contributed by atoms with Gasteiger partial charge in [-0.15, -0.1) is 0 Å². The van der Waals surface area contributed by atoms with Gasteiger partial charge in [0.05, 0.1) is 22.4 Å². The average Bonchev–Trinajstić information content (AvgIpc) is 2.80. The summed E-state index contributed by atoms with van der Waals surface area (Å²) in [7, 11) is 0. The summed E-state index contributed by atoms with van der Waals surface area (Å²) in [4.78, 5) is 0. The number of hydrogen-bond donors (Lipinski definition) is 1. The maximum atomic E-state index is 6.46. The van der Waals surface area contributed by atoms with Gasteiger partial charge in [0.2, 0.25) is 0 Å². The van der Waals surface area contributed by atoms with E-state index in [1.807, 2.05) is 16.9 Å². The molecular weight excluding hydrogens is 302 g/mol. The lowest BCUT2D eigenvalue weighted by molar-refractivity contribution is 0.501. The number of halogens is 1. The smallest absolute Gasteiger partial charge is 0.0699 e. The van der Waals surface area contributed by atoms with Crippen LogP contribution in [-0.4, -0.2) is 9.78 Å². The number of benzene rings is 1. The van der Waals surface area contributed by atoms with Gasteiger partial charge >= 0.3 is 0 Å². The highest BCUT2D eigenvalue weighted by atomic mass is 79.9. The Morgan fingerprint density at radius 2 is 2.00 bits per heavy atom. The summed E-state index contributed by atoms with van der Waals surface area (Å²) >= 11 is 3.57. The van der Waals surface area contributed by atoms with Crippen LogP contribution in [0, 0.1) is 0 Å². The van der Waals surface area contributed by atoms with Crippen molar-refractivity contribution in [2.45, 2.75) is 38.8 Å². The van der Waals surface area contributed by atoms with E-state index in [1.165, 1.54) is 5.56 Å². The minimum atomic E-state index is -0.0641. The summed E-state index contributed by atoms with van der Waals surface area (Å²) in [6, 6.07) is 10.3. The number of nitrogens with two attached hydrogens (primary N) is 1. The van der Waals surface area contributed by atoms with Crippen LogP contribution in [0.2, 0.25) is 0 Å². The van der Waals surface area contributed by atoms with Crippen LogP contribution < -0.4 is 5.73 Å². The Morgan fingerprint density at radius 3 is 2.63 bits per heavy atom. The maximum Gasteiger partial charge on any atom is 0.0699 e. The van der Waals surface area contributed by atoms with E-state index in [1.54, 1.807) is 0 Å². The van der Waals surface area contributed by atoms with Crippen molar-refractivity contribution in [2.24, 2.45) is 5.73 Å². The van der Waals surface area contributed by atoms with Gasteiger partial charge in [0.25, 0.3) is 0 Å². The van der Waals surface area contributed by atoms with Crippen LogP contribution >= 0.6 is 15.9 Å². The molecule has 4 heteroatoms. The molecule has 0 fully saturated rings. The van der Waals surface area contributed by atoms with E-state index < -0.39 is 0 Å². The second kappa shape index (κ2) is 6.35. The average molecular weight is 322 g/mol. The van der Waals surface area contributed by atoms with Gasteiger partial charge in [-0.1, -0.05) is 44.2 Å². The topological polar surface area (TPSA) is 43.8 Å². The summed E-state index contributed by atoms with van der Waals surface area (Å²) in [5.41, 5.74) is 8.79. The highest BCUT2D eigenvalue weighted by molar-refractivity contribution is 9.10. The van der Waals surface area contributed by atoms with E-state index in [9.17, 15) is 0 Å². The van der Waals surface area contributed by atoms with Gasteiger partial charge in [0.1, 0.15) is 0 Å². The fraction of sp³-hybridized carbons (Fsp3) is 0.400. The van der Waals surface area contributed by atoms with Gasteiger partial charge in [0, 0.05) is 12.5 Å². The first-order valence-electron chi connectivity index (χ1n) is 6.66. The molecule has 0 bridgehead atoms. The molecular formula is C15H20BrN3. The number of rotatable bonds is 5. The van der Waals surface area contributed by atoms with E-state index >= 15 is 0 Å². The van der Waals surface area contributed by atoms with Gasteiger partial charge in [-0.25, -0.2) is 0 Å². The zero-order chi connectivity index (χ0) is 13.8. The minimum Gasteiger partial charge on any atom is -0.322 e. The largest absolute Gasteiger partial charge is 0.322 e. The van der Waals surface area contributed by atoms with Crippen molar-refractivity contribution in [1.82, 2.24) is 9.78 Å². The molecule has 102 valence electrons. The monoisotopic (exact) mass is 321 g/mol. The minimum absolute atomic E-state index is 0.0641. The molecule has 0 saturated carbocycles. The fourth-order valence-corrected chi connectivity index (χ4v) is 2.85. The molecule has 2 aromatic rings. The van der Waals surface area contributed by atoms with Gasteiger partial charge < -0.3 is 5.73 Å². The molecule has 2 unspecified atom stereocenters. The van der Waals surface area contributed by atoms with E-state index in [0.29, 0.717) is 0 Å². The van der Waals surface area contributed by atoms with Crippen LogP contribution in [0.25, 0.3) is 0 Å². The quantitative estimate of drug-likeness (QED) is 0.908. The van der Waals surface area contributed by atoms with E-state index in [-0.39, 0.29) is 12.0 Å². The summed E-state index contributed by atoms with van der Waals surface area (Å²) in [6.07, 6.45) is 2.89. The molecule has 3 nitrogen and oxygen atoms in total. The predicted octanol–water partition coefficient (Wildman–Crippen LogP) is 3.86. The normalized spacial score (nSPS) is 14.3. The highest BCUT2D eigenvalue weighted by Gasteiger charge is 2.22. The molecule has 0 aliphatic rings. The lowest BCUT2D eigenvalue weighted by atomic mass is 9.92. The van der Waals surface area contributed by atoms with Crippen molar-refractivity contribution in [3.8, 4) is 0 Å². The third-order valence-corrected chi connectivity index (χ3v) is 4.06. The van der Waals surface area contributed by atoms with Crippen LogP contribution in [0.1, 0.15) is 43.5 Å². The molecule has 1 aromatic carbocycles. The van der Waals surface area contributed by atoms with Crippen LogP contribution in [0.5, 0.6) is 0 Å². The summed E-state index contributed by atoms with van der Waals surface area (Å²) < 4.78 is 3.00. The number of hydrogen-bond acceptors (Lipinski definition) is 2. The van der Waals surface area contributed by atoms with E-state index in [4.69, 9.17) is 5.73 Å². The Kier molecular flexibility index (Phi) is 4.77. The maximum absolute atomic E-state index is 6.46. The Bertz CT molecular complexity index is 521. The van der Waals surface area contributed by atoms with Crippen molar-refractivity contribution >= 4 is 15.9 Å². The lowest BCUT2D eigenvalue weighted by Gasteiger charge is -2.22. The van der Waals surface area contributed by atoms with E-state index in [0.717, 1.165) is 23.1 Å². The molecule has 19 heavy (non-hydrogen) atoms. The Balaban J connectivity index is 2.28. The van der Waals surface area contributed by atoms with Crippen LogP contribution in [0.4, 0.5) is 0 Å². The van der Waals surface area contributed by atoms with E-state index in [2.05, 4.69) is 59.1 Å². The zero-order valence-electron chi connectivity index (χ0n) is 11.4. The Hall–Kier alpha value is -1.13. The molecule has 1 heterocycles. The Morgan fingerprint density at radius 1 is 1.32 bits per heavy atom. The number of nitrogens with zero attached hydrogens (tertiary/aromatic N) is 2. The van der Waals surface area contributed by atoms with Crippen LogP contribution in [0.15, 0.2) is 41.0 Å². The van der Waals surface area contributed by atoms with Gasteiger partial charge in [-0.3, -0.25) is 4.68 Å². The van der Waals surface area contributed by atoms with Crippen molar-refractivity contribution in [3.05, 3.63) is 52.3 Å². The molecule has 0 spiro atoms. The van der Waals surface area contributed by atoms with Gasteiger partial charge in [-0.05, 0) is 27.9 Å². The fourth-order valence-electron chi connectivity index (χ4n) is 2.29. The molecule has 0 amide bonds. The SMILES string of the molecule is CCCn1ncc(Br)c1C(N)C(C)c1ccccc1. The van der Waals surface area contributed by atoms with Crippen LogP contribution in [0.3, 0.4) is 0 Å². The number of aromatic nitrogens is 2. The van der Waals surface area contributed by atoms with Gasteiger partial charge in [-0.2, -0.15) is 5.10 Å². The second-order valence-electron chi connectivity index (χ2n) is 4.83. The van der Waals surface area contributed by atoms with Gasteiger partial charge in [0.15, 0.2) is 0 Å². The first-order valence-corrected chi connectivity index (χ1v) is 7.46. The van der Waals surface area contributed by atoms with Crippen molar-refractivity contribution < 1.29 is 0 Å². The highest BCUT2D eigenvalue weighted by Crippen LogP contribution is 2.32. The Labute approximate surface area is 122 Å². The first-order chi connectivity index (χ1) is 9.15. The third-order valence-electron chi connectivity index (χ3n) is 3.45. The first kappa shape index (κ1) is 14.3.